The number of amides is 2. The van der Waals surface area contributed by atoms with Gasteiger partial charge < -0.3 is 15.0 Å². The molecule has 0 spiro atoms. The third-order valence-corrected chi connectivity index (χ3v) is 7.60. The number of carbonyl (C=O) groups is 2. The molecule has 1 N–H and O–H groups in total. The first-order valence-corrected chi connectivity index (χ1v) is 14.8. The molecular formula is C26H35Cl2N3O5S. The maximum absolute atomic E-state index is 13.3. The molecule has 0 aliphatic carbocycles. The average molecular weight is 573 g/mol. The van der Waals surface area contributed by atoms with E-state index >= 15 is 0 Å². The van der Waals surface area contributed by atoms with Crippen molar-refractivity contribution in [2.75, 3.05) is 30.3 Å². The van der Waals surface area contributed by atoms with Gasteiger partial charge in [0.15, 0.2) is 0 Å². The third-order valence-electron chi connectivity index (χ3n) is 5.69. The Balaban J connectivity index is 2.19. The monoisotopic (exact) mass is 571 g/mol. The van der Waals surface area contributed by atoms with E-state index < -0.39 is 16.1 Å². The number of hydrogen-bond donors (Lipinski definition) is 1. The molecule has 0 heterocycles. The molecular weight excluding hydrogens is 537 g/mol. The molecule has 37 heavy (non-hydrogen) atoms. The highest BCUT2D eigenvalue weighted by atomic mass is 35.5. The van der Waals surface area contributed by atoms with Crippen LogP contribution in [0.1, 0.15) is 45.6 Å². The van der Waals surface area contributed by atoms with Crippen LogP contribution in [0, 0.1) is 0 Å². The molecule has 0 saturated heterocycles. The first kappa shape index (κ1) is 30.7. The molecule has 0 saturated carbocycles. The highest BCUT2D eigenvalue weighted by Gasteiger charge is 2.27. The minimum absolute atomic E-state index is 0.0243. The number of halogens is 2. The van der Waals surface area contributed by atoms with Gasteiger partial charge >= 0.3 is 0 Å². The SMILES string of the molecule is CCCNC(=O)[C@H](C)N(Cc1c(Cl)cccc1Cl)C(=O)CCCN(c1ccc(OCC)cc1)S(C)(=O)=O. The first-order valence-electron chi connectivity index (χ1n) is 12.2. The van der Waals surface area contributed by atoms with Gasteiger partial charge in [-0.05, 0) is 63.1 Å². The summed E-state index contributed by atoms with van der Waals surface area (Å²) in [5.41, 5.74) is 1.02. The molecule has 1 atom stereocenters. The fourth-order valence-corrected chi connectivity index (χ4v) is 5.19. The van der Waals surface area contributed by atoms with Crippen molar-refractivity contribution in [3.8, 4) is 5.75 Å². The maximum atomic E-state index is 13.3. The summed E-state index contributed by atoms with van der Waals surface area (Å²) < 4.78 is 31.6. The van der Waals surface area contributed by atoms with Crippen LogP contribution in [0.25, 0.3) is 0 Å². The van der Waals surface area contributed by atoms with E-state index in [1.54, 1.807) is 49.4 Å². The van der Waals surface area contributed by atoms with Crippen LogP contribution in [0.4, 0.5) is 5.69 Å². The Kier molecular flexibility index (Phi) is 12.0. The predicted molar refractivity (Wildman–Crippen MR) is 149 cm³/mol. The van der Waals surface area contributed by atoms with Gasteiger partial charge in [-0.2, -0.15) is 0 Å². The molecule has 2 amide bonds. The summed E-state index contributed by atoms with van der Waals surface area (Å²) in [6, 6.07) is 11.0. The topological polar surface area (TPSA) is 96.0 Å². The number of rotatable bonds is 14. The zero-order chi connectivity index (χ0) is 27.6. The van der Waals surface area contributed by atoms with Gasteiger partial charge in [0.1, 0.15) is 11.8 Å². The zero-order valence-corrected chi connectivity index (χ0v) is 24.0. The van der Waals surface area contributed by atoms with Crippen LogP contribution in [0.3, 0.4) is 0 Å². The summed E-state index contributed by atoms with van der Waals surface area (Å²) >= 11 is 12.7. The summed E-state index contributed by atoms with van der Waals surface area (Å²) in [6.07, 6.45) is 2.15. The number of benzene rings is 2. The lowest BCUT2D eigenvalue weighted by Crippen LogP contribution is -2.48. The van der Waals surface area contributed by atoms with Gasteiger partial charge in [-0.15, -0.1) is 0 Å². The van der Waals surface area contributed by atoms with E-state index in [0.29, 0.717) is 40.2 Å². The van der Waals surface area contributed by atoms with Crippen molar-refractivity contribution in [3.63, 3.8) is 0 Å². The summed E-state index contributed by atoms with van der Waals surface area (Å²) in [6.45, 7) is 6.59. The summed E-state index contributed by atoms with van der Waals surface area (Å²) in [7, 11) is -3.59. The molecule has 0 aromatic heterocycles. The number of ether oxygens (including phenoxy) is 1. The second-order valence-corrected chi connectivity index (χ2v) is 11.3. The lowest BCUT2D eigenvalue weighted by molar-refractivity contribution is -0.140. The fraction of sp³-hybridized carbons (Fsp3) is 0.462. The Bertz CT molecular complexity index is 1140. The fourth-order valence-electron chi connectivity index (χ4n) is 3.71. The van der Waals surface area contributed by atoms with Crippen molar-refractivity contribution < 1.29 is 22.7 Å². The van der Waals surface area contributed by atoms with E-state index in [1.807, 2.05) is 13.8 Å². The smallest absolute Gasteiger partial charge is 0.242 e. The van der Waals surface area contributed by atoms with E-state index in [4.69, 9.17) is 27.9 Å². The molecule has 0 unspecified atom stereocenters. The number of anilines is 1. The lowest BCUT2D eigenvalue weighted by atomic mass is 10.1. The second kappa shape index (κ2) is 14.4. The Morgan fingerprint density at radius 1 is 1.05 bits per heavy atom. The minimum Gasteiger partial charge on any atom is -0.494 e. The quantitative estimate of drug-likeness (QED) is 0.348. The number of carbonyl (C=O) groups excluding carboxylic acids is 2. The van der Waals surface area contributed by atoms with Crippen molar-refractivity contribution in [1.29, 1.82) is 0 Å². The maximum Gasteiger partial charge on any atom is 0.242 e. The van der Waals surface area contributed by atoms with Crippen molar-refractivity contribution >= 4 is 50.7 Å². The highest BCUT2D eigenvalue weighted by Crippen LogP contribution is 2.27. The van der Waals surface area contributed by atoms with E-state index in [0.717, 1.165) is 12.7 Å². The molecule has 0 fully saturated rings. The van der Waals surface area contributed by atoms with Gasteiger partial charge in [0, 0.05) is 41.7 Å². The molecule has 0 aliphatic heterocycles. The molecule has 2 rings (SSSR count). The van der Waals surface area contributed by atoms with Crippen LogP contribution in [0.5, 0.6) is 5.75 Å². The largest absolute Gasteiger partial charge is 0.494 e. The van der Waals surface area contributed by atoms with Crippen LogP contribution in [0.2, 0.25) is 10.0 Å². The van der Waals surface area contributed by atoms with E-state index in [-0.39, 0.29) is 37.7 Å². The van der Waals surface area contributed by atoms with Crippen LogP contribution in [-0.2, 0) is 26.2 Å². The van der Waals surface area contributed by atoms with E-state index in [1.165, 1.54) is 9.21 Å². The van der Waals surface area contributed by atoms with Crippen LogP contribution in [-0.4, -0.2) is 57.1 Å². The molecule has 0 bridgehead atoms. The molecule has 0 radical (unpaired) electrons. The second-order valence-electron chi connectivity index (χ2n) is 8.55. The lowest BCUT2D eigenvalue weighted by Gasteiger charge is -2.30. The van der Waals surface area contributed by atoms with E-state index in [9.17, 15) is 18.0 Å². The summed E-state index contributed by atoms with van der Waals surface area (Å²) in [5.74, 6) is 0.0416. The molecule has 8 nitrogen and oxygen atoms in total. The van der Waals surface area contributed by atoms with Crippen molar-refractivity contribution in [2.24, 2.45) is 0 Å². The zero-order valence-electron chi connectivity index (χ0n) is 21.7. The van der Waals surface area contributed by atoms with Gasteiger partial charge in [0.25, 0.3) is 0 Å². The summed E-state index contributed by atoms with van der Waals surface area (Å²) in [4.78, 5) is 27.5. The number of sulfonamides is 1. The highest BCUT2D eigenvalue weighted by molar-refractivity contribution is 7.92. The number of nitrogens with zero attached hydrogens (tertiary/aromatic N) is 2. The van der Waals surface area contributed by atoms with Crippen LogP contribution in [0.15, 0.2) is 42.5 Å². The van der Waals surface area contributed by atoms with Crippen LogP contribution < -0.4 is 14.4 Å². The van der Waals surface area contributed by atoms with E-state index in [2.05, 4.69) is 5.32 Å². The normalized spacial score (nSPS) is 12.1. The Hall–Kier alpha value is -2.49. The minimum atomic E-state index is -3.59. The molecule has 204 valence electrons. The molecule has 0 aliphatic rings. The van der Waals surface area contributed by atoms with Gasteiger partial charge in [-0.3, -0.25) is 13.9 Å². The number of hydrogen-bond acceptors (Lipinski definition) is 5. The Labute approximate surface area is 229 Å². The standard InChI is InChI=1S/C26H35Cl2N3O5S/c1-5-16-29-26(33)19(3)30(18-22-23(27)9-7-10-24(22)28)25(32)11-8-17-31(37(4,34)35)20-12-14-21(15-13-20)36-6-2/h7,9-10,12-15,19H,5-6,8,11,16-18H2,1-4H3,(H,29,33)/t19-/m0/s1. The Morgan fingerprint density at radius 3 is 2.22 bits per heavy atom. The van der Waals surface area contributed by atoms with Crippen molar-refractivity contribution in [3.05, 3.63) is 58.1 Å². The van der Waals surface area contributed by atoms with Gasteiger partial charge in [-0.25, -0.2) is 8.42 Å². The Morgan fingerprint density at radius 2 is 1.68 bits per heavy atom. The summed E-state index contributed by atoms with van der Waals surface area (Å²) in [5, 5.41) is 3.60. The predicted octanol–water partition coefficient (Wildman–Crippen LogP) is 4.88. The average Bonchev–Trinajstić information content (AvgIpc) is 2.84. The number of nitrogens with one attached hydrogen (secondary N) is 1. The first-order chi connectivity index (χ1) is 17.5. The van der Waals surface area contributed by atoms with Crippen LogP contribution >= 0.6 is 23.2 Å². The van der Waals surface area contributed by atoms with Gasteiger partial charge in [0.05, 0.1) is 18.6 Å². The van der Waals surface area contributed by atoms with Gasteiger partial charge in [-0.1, -0.05) is 36.2 Å². The van der Waals surface area contributed by atoms with Crippen molar-refractivity contribution in [1.82, 2.24) is 10.2 Å². The van der Waals surface area contributed by atoms with Gasteiger partial charge in [0.2, 0.25) is 21.8 Å². The molecule has 11 heteroatoms. The molecule has 2 aromatic rings. The third kappa shape index (κ3) is 9.09. The molecule has 2 aromatic carbocycles. The van der Waals surface area contributed by atoms with Crippen molar-refractivity contribution in [2.45, 2.75) is 52.6 Å².